The van der Waals surface area contributed by atoms with Crippen molar-refractivity contribution in [2.24, 2.45) is 17.6 Å². The topological polar surface area (TPSA) is 76.5 Å². The SMILES string of the molecule is C[C@@H]1C[C@H]1c1ccc(/C=C\C(=O)N2CCC(CC(N)=O)CC2)o1. The second-order valence-electron chi connectivity index (χ2n) is 6.83. The van der Waals surface area contributed by atoms with Gasteiger partial charge in [-0.25, -0.2) is 0 Å². The van der Waals surface area contributed by atoms with Crippen molar-refractivity contribution in [3.05, 3.63) is 29.7 Å². The number of nitrogens with two attached hydrogens (primary N) is 1. The molecule has 2 heterocycles. The molecule has 1 aromatic heterocycles. The summed E-state index contributed by atoms with van der Waals surface area (Å²) in [7, 11) is 0. The van der Waals surface area contributed by atoms with E-state index >= 15 is 0 Å². The Morgan fingerprint density at radius 2 is 2.04 bits per heavy atom. The van der Waals surface area contributed by atoms with Crippen molar-refractivity contribution in [2.45, 2.75) is 38.5 Å². The molecule has 3 rings (SSSR count). The van der Waals surface area contributed by atoms with Gasteiger partial charge in [-0.2, -0.15) is 0 Å². The maximum absolute atomic E-state index is 12.2. The predicted octanol–water partition coefficient (Wildman–Crippen LogP) is 2.53. The molecule has 5 nitrogen and oxygen atoms in total. The quantitative estimate of drug-likeness (QED) is 0.848. The van der Waals surface area contributed by atoms with Crippen LogP contribution in [-0.2, 0) is 9.59 Å². The maximum Gasteiger partial charge on any atom is 0.246 e. The van der Waals surface area contributed by atoms with E-state index in [1.54, 1.807) is 12.2 Å². The third kappa shape index (κ3) is 4.03. The highest BCUT2D eigenvalue weighted by atomic mass is 16.3. The van der Waals surface area contributed by atoms with E-state index in [4.69, 9.17) is 10.2 Å². The summed E-state index contributed by atoms with van der Waals surface area (Å²) >= 11 is 0. The lowest BCUT2D eigenvalue weighted by Gasteiger charge is -2.30. The van der Waals surface area contributed by atoms with Crippen LogP contribution in [0.1, 0.15) is 50.0 Å². The zero-order valence-corrected chi connectivity index (χ0v) is 13.5. The lowest BCUT2D eigenvalue weighted by molar-refractivity contribution is -0.127. The van der Waals surface area contributed by atoms with E-state index in [2.05, 4.69) is 6.92 Å². The highest BCUT2D eigenvalue weighted by molar-refractivity contribution is 5.91. The first-order chi connectivity index (χ1) is 11.0. The van der Waals surface area contributed by atoms with Gasteiger partial charge in [0.2, 0.25) is 11.8 Å². The number of furan rings is 1. The second-order valence-corrected chi connectivity index (χ2v) is 6.83. The van der Waals surface area contributed by atoms with E-state index in [0.29, 0.717) is 37.3 Å². The van der Waals surface area contributed by atoms with Crippen LogP contribution in [0.15, 0.2) is 22.6 Å². The van der Waals surface area contributed by atoms with E-state index in [9.17, 15) is 9.59 Å². The van der Waals surface area contributed by atoms with Gasteiger partial charge in [0.1, 0.15) is 11.5 Å². The monoisotopic (exact) mass is 316 g/mol. The van der Waals surface area contributed by atoms with E-state index in [0.717, 1.165) is 24.4 Å². The third-order valence-electron chi connectivity index (χ3n) is 4.93. The van der Waals surface area contributed by atoms with Gasteiger partial charge in [0.25, 0.3) is 0 Å². The molecular weight excluding hydrogens is 292 g/mol. The molecular formula is C18H24N2O3. The number of likely N-dealkylation sites (tertiary alicyclic amines) is 1. The van der Waals surface area contributed by atoms with Gasteiger partial charge in [0, 0.05) is 31.5 Å². The van der Waals surface area contributed by atoms with Crippen LogP contribution in [0.4, 0.5) is 0 Å². The van der Waals surface area contributed by atoms with Gasteiger partial charge in [0.15, 0.2) is 0 Å². The Balaban J connectivity index is 1.49. The summed E-state index contributed by atoms with van der Waals surface area (Å²) in [6, 6.07) is 3.93. The van der Waals surface area contributed by atoms with Crippen LogP contribution < -0.4 is 5.73 Å². The smallest absolute Gasteiger partial charge is 0.246 e. The largest absolute Gasteiger partial charge is 0.461 e. The first-order valence-electron chi connectivity index (χ1n) is 8.38. The van der Waals surface area contributed by atoms with Gasteiger partial charge < -0.3 is 15.1 Å². The van der Waals surface area contributed by atoms with Crippen molar-refractivity contribution in [2.75, 3.05) is 13.1 Å². The summed E-state index contributed by atoms with van der Waals surface area (Å²) < 4.78 is 5.77. The standard InChI is InChI=1S/C18H24N2O3/c1-12-10-15(12)16-4-2-14(23-16)3-5-18(22)20-8-6-13(7-9-20)11-17(19)21/h2-5,12-13,15H,6-11H2,1H3,(H2,19,21)/b5-3-/t12-,15-/m1/s1. The summed E-state index contributed by atoms with van der Waals surface area (Å²) in [6.07, 6.45) is 6.62. The molecule has 124 valence electrons. The average molecular weight is 316 g/mol. The predicted molar refractivity (Wildman–Crippen MR) is 87.4 cm³/mol. The summed E-state index contributed by atoms with van der Waals surface area (Å²) in [6.45, 7) is 3.59. The molecule has 0 bridgehead atoms. The van der Waals surface area contributed by atoms with Gasteiger partial charge in [-0.15, -0.1) is 0 Å². The average Bonchev–Trinajstić information content (AvgIpc) is 3.07. The van der Waals surface area contributed by atoms with Crippen molar-refractivity contribution in [1.29, 1.82) is 0 Å². The first-order valence-corrected chi connectivity index (χ1v) is 8.38. The first kappa shape index (κ1) is 15.8. The molecule has 0 radical (unpaired) electrons. The minimum Gasteiger partial charge on any atom is -0.461 e. The third-order valence-corrected chi connectivity index (χ3v) is 4.93. The minimum absolute atomic E-state index is 0.000245. The lowest BCUT2D eigenvalue weighted by Crippen LogP contribution is -2.38. The van der Waals surface area contributed by atoms with Crippen molar-refractivity contribution in [3.8, 4) is 0 Å². The Hall–Kier alpha value is -2.04. The molecule has 23 heavy (non-hydrogen) atoms. The minimum atomic E-state index is -0.256. The highest BCUT2D eigenvalue weighted by Crippen LogP contribution is 2.47. The molecule has 2 amide bonds. The van der Waals surface area contributed by atoms with Crippen LogP contribution in [0, 0.1) is 11.8 Å². The molecule has 1 aromatic rings. The van der Waals surface area contributed by atoms with Crippen molar-refractivity contribution in [1.82, 2.24) is 4.90 Å². The van der Waals surface area contributed by atoms with E-state index in [1.807, 2.05) is 17.0 Å². The molecule has 2 N–H and O–H groups in total. The van der Waals surface area contributed by atoms with Crippen molar-refractivity contribution < 1.29 is 14.0 Å². The molecule has 0 unspecified atom stereocenters. The molecule has 2 fully saturated rings. The van der Waals surface area contributed by atoms with E-state index in [-0.39, 0.29) is 11.8 Å². The molecule has 5 heteroatoms. The number of nitrogens with zero attached hydrogens (tertiary/aromatic N) is 1. The lowest BCUT2D eigenvalue weighted by atomic mass is 9.93. The zero-order valence-electron chi connectivity index (χ0n) is 13.5. The number of carbonyl (C=O) groups excluding carboxylic acids is 2. The van der Waals surface area contributed by atoms with Crippen LogP contribution in [-0.4, -0.2) is 29.8 Å². The van der Waals surface area contributed by atoms with Gasteiger partial charge in [-0.3, -0.25) is 9.59 Å². The Morgan fingerprint density at radius 1 is 1.35 bits per heavy atom. The summed E-state index contributed by atoms with van der Waals surface area (Å²) in [5.74, 6) is 3.08. The Bertz CT molecular complexity index is 612. The van der Waals surface area contributed by atoms with Crippen molar-refractivity contribution in [3.63, 3.8) is 0 Å². The molecule has 1 aliphatic heterocycles. The van der Waals surface area contributed by atoms with Crippen LogP contribution in [0.25, 0.3) is 6.08 Å². The Kier molecular flexibility index (Phi) is 4.55. The number of carbonyl (C=O) groups is 2. The molecule has 2 aliphatic rings. The Morgan fingerprint density at radius 3 is 2.65 bits per heavy atom. The van der Waals surface area contributed by atoms with Gasteiger partial charge in [-0.05, 0) is 49.3 Å². The van der Waals surface area contributed by atoms with Crippen LogP contribution in [0.3, 0.4) is 0 Å². The fraction of sp³-hybridized carbons (Fsp3) is 0.556. The molecule has 0 aromatic carbocycles. The van der Waals surface area contributed by atoms with Gasteiger partial charge >= 0.3 is 0 Å². The fourth-order valence-corrected chi connectivity index (χ4v) is 3.28. The number of hydrogen-bond acceptors (Lipinski definition) is 3. The second kappa shape index (κ2) is 6.60. The Labute approximate surface area is 136 Å². The number of hydrogen-bond donors (Lipinski definition) is 1. The molecule has 0 spiro atoms. The number of amides is 2. The fourth-order valence-electron chi connectivity index (χ4n) is 3.28. The normalized spacial score (nSPS) is 25.0. The van der Waals surface area contributed by atoms with Gasteiger partial charge in [0.05, 0.1) is 0 Å². The van der Waals surface area contributed by atoms with Crippen LogP contribution in [0.5, 0.6) is 0 Å². The summed E-state index contributed by atoms with van der Waals surface area (Å²) in [5.41, 5.74) is 5.22. The highest BCUT2D eigenvalue weighted by Gasteiger charge is 2.36. The van der Waals surface area contributed by atoms with Gasteiger partial charge in [-0.1, -0.05) is 6.92 Å². The zero-order chi connectivity index (χ0) is 16.4. The maximum atomic E-state index is 12.2. The van der Waals surface area contributed by atoms with E-state index < -0.39 is 0 Å². The van der Waals surface area contributed by atoms with Crippen LogP contribution >= 0.6 is 0 Å². The number of rotatable bonds is 5. The molecule has 1 saturated carbocycles. The summed E-state index contributed by atoms with van der Waals surface area (Å²) in [4.78, 5) is 25.0. The van der Waals surface area contributed by atoms with E-state index in [1.165, 1.54) is 6.42 Å². The van der Waals surface area contributed by atoms with Crippen molar-refractivity contribution >= 4 is 17.9 Å². The number of piperidine rings is 1. The van der Waals surface area contributed by atoms with Crippen LogP contribution in [0.2, 0.25) is 0 Å². The molecule has 2 atom stereocenters. The molecule has 1 saturated heterocycles. The number of primary amides is 1. The summed E-state index contributed by atoms with van der Waals surface area (Å²) in [5, 5.41) is 0. The molecule has 1 aliphatic carbocycles.